The van der Waals surface area contributed by atoms with Crippen molar-refractivity contribution in [1.82, 2.24) is 5.32 Å². The molecule has 2 aliphatic rings. The summed E-state index contributed by atoms with van der Waals surface area (Å²) in [6, 6.07) is 0.383. The van der Waals surface area contributed by atoms with Crippen LogP contribution in [-0.4, -0.2) is 25.2 Å². The highest BCUT2D eigenvalue weighted by molar-refractivity contribution is 5.80. The normalized spacial score (nSPS) is 29.8. The molecule has 3 nitrogen and oxygen atoms in total. The molecule has 0 aromatic rings. The van der Waals surface area contributed by atoms with Gasteiger partial charge in [0.15, 0.2) is 0 Å². The average Bonchev–Trinajstić information content (AvgIpc) is 2.43. The molecule has 0 aromatic heterocycles. The van der Waals surface area contributed by atoms with Gasteiger partial charge in [0.1, 0.15) is 0 Å². The molecule has 2 rings (SSSR count). The number of ether oxygens (including phenoxy) is 1. The quantitative estimate of drug-likeness (QED) is 0.755. The van der Waals surface area contributed by atoms with E-state index < -0.39 is 0 Å². The molecule has 0 aromatic carbocycles. The molecule has 2 saturated heterocycles. The predicted molar refractivity (Wildman–Crippen MR) is 58.5 cm³/mol. The van der Waals surface area contributed by atoms with E-state index in [-0.39, 0.29) is 11.3 Å². The van der Waals surface area contributed by atoms with E-state index in [1.165, 1.54) is 0 Å². The lowest BCUT2D eigenvalue weighted by atomic mass is 9.72. The maximum atomic E-state index is 11.6. The number of carbonyl (C=O) groups excluding carboxylic acids is 1. The van der Waals surface area contributed by atoms with E-state index in [0.29, 0.717) is 18.4 Å². The van der Waals surface area contributed by atoms with E-state index in [4.69, 9.17) is 4.74 Å². The van der Waals surface area contributed by atoms with Gasteiger partial charge in [-0.25, -0.2) is 0 Å². The Labute approximate surface area is 91.6 Å². The molecule has 1 atom stereocenters. The van der Waals surface area contributed by atoms with Crippen molar-refractivity contribution in [3.63, 3.8) is 0 Å². The summed E-state index contributed by atoms with van der Waals surface area (Å²) in [5.41, 5.74) is 0.208. The van der Waals surface area contributed by atoms with Gasteiger partial charge < -0.3 is 10.1 Å². The summed E-state index contributed by atoms with van der Waals surface area (Å²) in [5.74, 6) is 0.885. The average molecular weight is 211 g/mol. The van der Waals surface area contributed by atoms with Crippen LogP contribution in [-0.2, 0) is 9.53 Å². The van der Waals surface area contributed by atoms with E-state index in [1.54, 1.807) is 0 Å². The highest BCUT2D eigenvalue weighted by atomic mass is 16.5. The predicted octanol–water partition coefficient (Wildman–Crippen LogP) is 1.72. The van der Waals surface area contributed by atoms with E-state index in [9.17, 15) is 4.79 Å². The second-order valence-corrected chi connectivity index (χ2v) is 5.40. The van der Waals surface area contributed by atoms with Gasteiger partial charge in [0, 0.05) is 31.1 Å². The Balaban J connectivity index is 2.09. The number of hydrogen-bond acceptors (Lipinski definition) is 2. The monoisotopic (exact) mass is 211 g/mol. The molecule has 1 spiro atoms. The van der Waals surface area contributed by atoms with E-state index in [0.717, 1.165) is 32.5 Å². The fraction of sp³-hybridized carbons (Fsp3) is 0.917. The second-order valence-electron chi connectivity index (χ2n) is 5.40. The van der Waals surface area contributed by atoms with Crippen molar-refractivity contribution >= 4 is 5.91 Å². The van der Waals surface area contributed by atoms with Crippen LogP contribution in [0.3, 0.4) is 0 Å². The zero-order valence-corrected chi connectivity index (χ0v) is 9.71. The molecule has 1 unspecified atom stereocenters. The number of rotatable bonds is 2. The molecule has 86 valence electrons. The molecule has 1 N–H and O–H groups in total. The van der Waals surface area contributed by atoms with Crippen molar-refractivity contribution in [2.45, 2.75) is 45.6 Å². The summed E-state index contributed by atoms with van der Waals surface area (Å²) in [6.07, 6.45) is 3.91. The van der Waals surface area contributed by atoms with Crippen LogP contribution in [0.5, 0.6) is 0 Å². The second kappa shape index (κ2) is 4.12. The topological polar surface area (TPSA) is 38.3 Å². The molecule has 3 heteroatoms. The third-order valence-corrected chi connectivity index (χ3v) is 3.78. The van der Waals surface area contributed by atoms with Crippen LogP contribution in [0.25, 0.3) is 0 Å². The zero-order chi connectivity index (χ0) is 10.9. The lowest BCUT2D eigenvalue weighted by Gasteiger charge is -2.38. The minimum absolute atomic E-state index is 0.208. The highest BCUT2D eigenvalue weighted by Crippen LogP contribution is 2.43. The molecule has 2 aliphatic heterocycles. The standard InChI is InChI=1S/C12H21NO2/c1-9(2)7-10-12(8-11(14)13-10)3-5-15-6-4-12/h9-10H,3-8H2,1-2H3,(H,13,14). The Morgan fingerprint density at radius 1 is 1.47 bits per heavy atom. The third-order valence-electron chi connectivity index (χ3n) is 3.78. The van der Waals surface area contributed by atoms with Crippen molar-refractivity contribution < 1.29 is 9.53 Å². The number of nitrogens with one attached hydrogen (secondary N) is 1. The molecule has 2 fully saturated rings. The van der Waals surface area contributed by atoms with Crippen LogP contribution in [0.1, 0.15) is 39.5 Å². The largest absolute Gasteiger partial charge is 0.381 e. The van der Waals surface area contributed by atoms with E-state index in [2.05, 4.69) is 19.2 Å². The van der Waals surface area contributed by atoms with Crippen molar-refractivity contribution in [2.24, 2.45) is 11.3 Å². The Morgan fingerprint density at radius 2 is 2.13 bits per heavy atom. The van der Waals surface area contributed by atoms with Crippen LogP contribution in [0.15, 0.2) is 0 Å². The molecule has 0 aliphatic carbocycles. The Bertz CT molecular complexity index is 244. The Hall–Kier alpha value is -0.570. The Morgan fingerprint density at radius 3 is 2.73 bits per heavy atom. The van der Waals surface area contributed by atoms with Crippen molar-refractivity contribution in [3.05, 3.63) is 0 Å². The molecule has 0 bridgehead atoms. The van der Waals surface area contributed by atoms with Crippen LogP contribution in [0.2, 0.25) is 0 Å². The number of carbonyl (C=O) groups is 1. The zero-order valence-electron chi connectivity index (χ0n) is 9.71. The van der Waals surface area contributed by atoms with Gasteiger partial charge in [-0.2, -0.15) is 0 Å². The molecule has 15 heavy (non-hydrogen) atoms. The molecular formula is C12H21NO2. The maximum Gasteiger partial charge on any atom is 0.220 e. The first-order chi connectivity index (χ1) is 7.12. The van der Waals surface area contributed by atoms with Gasteiger partial charge in [-0.05, 0) is 25.2 Å². The first-order valence-electron chi connectivity index (χ1n) is 5.99. The van der Waals surface area contributed by atoms with E-state index >= 15 is 0 Å². The van der Waals surface area contributed by atoms with Gasteiger partial charge in [0.05, 0.1) is 0 Å². The van der Waals surface area contributed by atoms with Gasteiger partial charge in [-0.15, -0.1) is 0 Å². The molecular weight excluding hydrogens is 190 g/mol. The maximum absolute atomic E-state index is 11.6. The van der Waals surface area contributed by atoms with Crippen LogP contribution >= 0.6 is 0 Å². The van der Waals surface area contributed by atoms with E-state index in [1.807, 2.05) is 0 Å². The summed E-state index contributed by atoms with van der Waals surface area (Å²) in [4.78, 5) is 11.6. The van der Waals surface area contributed by atoms with Gasteiger partial charge in [-0.3, -0.25) is 4.79 Å². The fourth-order valence-corrected chi connectivity index (χ4v) is 2.92. The summed E-state index contributed by atoms with van der Waals surface area (Å²) in [7, 11) is 0. The minimum atomic E-state index is 0.208. The summed E-state index contributed by atoms with van der Waals surface area (Å²) in [6.45, 7) is 6.09. The summed E-state index contributed by atoms with van der Waals surface area (Å²) >= 11 is 0. The first-order valence-corrected chi connectivity index (χ1v) is 5.99. The molecule has 0 saturated carbocycles. The van der Waals surface area contributed by atoms with Gasteiger partial charge in [-0.1, -0.05) is 13.8 Å². The fourth-order valence-electron chi connectivity index (χ4n) is 2.92. The van der Waals surface area contributed by atoms with Crippen LogP contribution < -0.4 is 5.32 Å². The summed E-state index contributed by atoms with van der Waals surface area (Å²) < 4.78 is 5.41. The van der Waals surface area contributed by atoms with Gasteiger partial charge in [0.2, 0.25) is 5.91 Å². The first kappa shape index (κ1) is 10.9. The highest BCUT2D eigenvalue weighted by Gasteiger charge is 2.47. The molecule has 1 amide bonds. The number of hydrogen-bond donors (Lipinski definition) is 1. The van der Waals surface area contributed by atoms with Crippen molar-refractivity contribution in [1.29, 1.82) is 0 Å². The van der Waals surface area contributed by atoms with Gasteiger partial charge in [0.25, 0.3) is 0 Å². The van der Waals surface area contributed by atoms with Crippen LogP contribution in [0, 0.1) is 11.3 Å². The molecule has 0 radical (unpaired) electrons. The smallest absolute Gasteiger partial charge is 0.220 e. The van der Waals surface area contributed by atoms with Gasteiger partial charge >= 0.3 is 0 Å². The van der Waals surface area contributed by atoms with Crippen molar-refractivity contribution in [3.8, 4) is 0 Å². The summed E-state index contributed by atoms with van der Waals surface area (Å²) in [5, 5.41) is 3.15. The van der Waals surface area contributed by atoms with Crippen LogP contribution in [0.4, 0.5) is 0 Å². The SMILES string of the molecule is CC(C)CC1NC(=O)CC12CCOCC2. The molecule has 2 heterocycles. The number of amides is 1. The minimum Gasteiger partial charge on any atom is -0.381 e. The Kier molecular flexibility index (Phi) is 3.01. The lowest BCUT2D eigenvalue weighted by molar-refractivity contribution is -0.120. The van der Waals surface area contributed by atoms with Crippen molar-refractivity contribution in [2.75, 3.05) is 13.2 Å². The lowest BCUT2D eigenvalue weighted by Crippen LogP contribution is -2.41. The third kappa shape index (κ3) is 2.17.